The molecule has 0 aliphatic heterocycles. The summed E-state index contributed by atoms with van der Waals surface area (Å²) in [7, 11) is 0. The lowest BCUT2D eigenvalue weighted by Crippen LogP contribution is -2.38. The van der Waals surface area contributed by atoms with Crippen molar-refractivity contribution < 1.29 is 9.53 Å². The van der Waals surface area contributed by atoms with E-state index >= 15 is 0 Å². The van der Waals surface area contributed by atoms with Gasteiger partial charge in [-0.3, -0.25) is 9.69 Å². The Bertz CT molecular complexity index is 476. The Morgan fingerprint density at radius 3 is 2.36 bits per heavy atom. The van der Waals surface area contributed by atoms with Gasteiger partial charge in [-0.25, -0.2) is 0 Å². The topological polar surface area (TPSA) is 29.5 Å². The standard InChI is InChI=1S/C19H29NO2/c1-7-13-20(16(3)17-11-9-8-10-12-17)15(2)14-18(21)22-19(4,5)6/h7-12,15-16H,1,13-14H2,2-6H3/t15-,16-/m0/s1. The fourth-order valence-electron chi connectivity index (χ4n) is 2.53. The summed E-state index contributed by atoms with van der Waals surface area (Å²) < 4.78 is 5.43. The molecule has 0 saturated heterocycles. The molecule has 1 aromatic rings. The van der Waals surface area contributed by atoms with Gasteiger partial charge in [0.2, 0.25) is 0 Å². The van der Waals surface area contributed by atoms with Gasteiger partial charge in [-0.15, -0.1) is 6.58 Å². The number of nitrogens with zero attached hydrogens (tertiary/aromatic N) is 1. The van der Waals surface area contributed by atoms with E-state index in [-0.39, 0.29) is 18.1 Å². The van der Waals surface area contributed by atoms with Crippen molar-refractivity contribution in [3.05, 3.63) is 48.6 Å². The Morgan fingerprint density at radius 1 is 1.27 bits per heavy atom. The molecule has 0 unspecified atom stereocenters. The quantitative estimate of drug-likeness (QED) is 0.554. The summed E-state index contributed by atoms with van der Waals surface area (Å²) in [5, 5.41) is 0. The van der Waals surface area contributed by atoms with Gasteiger partial charge in [-0.1, -0.05) is 36.4 Å². The van der Waals surface area contributed by atoms with E-state index in [1.54, 1.807) is 0 Å². The monoisotopic (exact) mass is 303 g/mol. The van der Waals surface area contributed by atoms with Gasteiger partial charge in [-0.2, -0.15) is 0 Å². The zero-order valence-electron chi connectivity index (χ0n) is 14.5. The highest BCUT2D eigenvalue weighted by Gasteiger charge is 2.25. The molecular weight excluding hydrogens is 274 g/mol. The van der Waals surface area contributed by atoms with Crippen molar-refractivity contribution in [1.29, 1.82) is 0 Å². The molecule has 0 amide bonds. The van der Waals surface area contributed by atoms with Crippen LogP contribution in [0.3, 0.4) is 0 Å². The molecule has 122 valence electrons. The Kier molecular flexibility index (Phi) is 6.82. The van der Waals surface area contributed by atoms with E-state index in [0.29, 0.717) is 6.42 Å². The van der Waals surface area contributed by atoms with Gasteiger partial charge >= 0.3 is 5.97 Å². The second-order valence-corrected chi connectivity index (χ2v) is 6.71. The SMILES string of the molecule is C=CCN([C@@H](C)CC(=O)OC(C)(C)C)[C@@H](C)c1ccccc1. The second-order valence-electron chi connectivity index (χ2n) is 6.71. The first-order chi connectivity index (χ1) is 10.2. The summed E-state index contributed by atoms with van der Waals surface area (Å²) >= 11 is 0. The highest BCUT2D eigenvalue weighted by Crippen LogP contribution is 2.24. The lowest BCUT2D eigenvalue weighted by Gasteiger charge is -2.34. The van der Waals surface area contributed by atoms with Gasteiger partial charge in [0.25, 0.3) is 0 Å². The summed E-state index contributed by atoms with van der Waals surface area (Å²) in [6.07, 6.45) is 2.26. The molecule has 0 saturated carbocycles. The third-order valence-corrected chi connectivity index (χ3v) is 3.57. The van der Waals surface area contributed by atoms with Crippen LogP contribution in [0.1, 0.15) is 52.6 Å². The average Bonchev–Trinajstić information content (AvgIpc) is 2.42. The molecule has 0 aliphatic carbocycles. The number of hydrogen-bond acceptors (Lipinski definition) is 3. The van der Waals surface area contributed by atoms with Gasteiger partial charge in [0.05, 0.1) is 6.42 Å². The summed E-state index contributed by atoms with van der Waals surface area (Å²) in [5.74, 6) is -0.158. The van der Waals surface area contributed by atoms with Crippen LogP contribution in [0, 0.1) is 0 Å². The Hall–Kier alpha value is -1.61. The minimum atomic E-state index is -0.439. The number of rotatable bonds is 7. The highest BCUT2D eigenvalue weighted by atomic mass is 16.6. The summed E-state index contributed by atoms with van der Waals surface area (Å²) in [6, 6.07) is 10.6. The normalized spacial score (nSPS) is 14.5. The second kappa shape index (κ2) is 8.14. The van der Waals surface area contributed by atoms with Crippen LogP contribution in [0.4, 0.5) is 0 Å². The van der Waals surface area contributed by atoms with Gasteiger partial charge in [0.1, 0.15) is 5.60 Å². The number of hydrogen-bond donors (Lipinski definition) is 0. The van der Waals surface area contributed by atoms with Gasteiger partial charge in [0, 0.05) is 18.6 Å². The van der Waals surface area contributed by atoms with Gasteiger partial charge < -0.3 is 4.74 Å². The van der Waals surface area contributed by atoms with Crippen molar-refractivity contribution in [1.82, 2.24) is 4.90 Å². The third kappa shape index (κ3) is 6.02. The number of esters is 1. The van der Waals surface area contributed by atoms with Crippen LogP contribution in [0.15, 0.2) is 43.0 Å². The Labute approximate surface area is 135 Å². The molecule has 0 spiro atoms. The van der Waals surface area contributed by atoms with Crippen LogP contribution in [0.5, 0.6) is 0 Å². The van der Waals surface area contributed by atoms with Crippen LogP contribution < -0.4 is 0 Å². The van der Waals surface area contributed by atoms with Crippen molar-refractivity contribution in [3.8, 4) is 0 Å². The first-order valence-electron chi connectivity index (χ1n) is 7.88. The molecule has 0 radical (unpaired) electrons. The number of benzene rings is 1. The van der Waals surface area contributed by atoms with E-state index in [2.05, 4.69) is 37.5 Å². The van der Waals surface area contributed by atoms with E-state index in [1.165, 1.54) is 5.56 Å². The predicted molar refractivity (Wildman–Crippen MR) is 91.7 cm³/mol. The van der Waals surface area contributed by atoms with Crippen LogP contribution in [-0.4, -0.2) is 29.1 Å². The van der Waals surface area contributed by atoms with E-state index in [9.17, 15) is 4.79 Å². The van der Waals surface area contributed by atoms with Crippen molar-refractivity contribution in [2.75, 3.05) is 6.54 Å². The molecule has 0 aliphatic rings. The molecule has 1 aromatic carbocycles. The van der Waals surface area contributed by atoms with Gasteiger partial charge in [-0.05, 0) is 40.2 Å². The summed E-state index contributed by atoms with van der Waals surface area (Å²) in [6.45, 7) is 14.5. The molecular formula is C19H29NO2. The van der Waals surface area contributed by atoms with E-state index < -0.39 is 5.60 Å². The van der Waals surface area contributed by atoms with Crippen molar-refractivity contribution in [2.24, 2.45) is 0 Å². The molecule has 2 atom stereocenters. The molecule has 0 bridgehead atoms. The zero-order valence-corrected chi connectivity index (χ0v) is 14.5. The Morgan fingerprint density at radius 2 is 1.86 bits per heavy atom. The zero-order chi connectivity index (χ0) is 16.8. The maximum absolute atomic E-state index is 12.1. The van der Waals surface area contributed by atoms with E-state index in [0.717, 1.165) is 6.54 Å². The van der Waals surface area contributed by atoms with Crippen LogP contribution in [0.2, 0.25) is 0 Å². The summed E-state index contributed by atoms with van der Waals surface area (Å²) in [5.41, 5.74) is 0.797. The minimum Gasteiger partial charge on any atom is -0.460 e. The number of ether oxygens (including phenoxy) is 1. The van der Waals surface area contributed by atoms with Crippen LogP contribution >= 0.6 is 0 Å². The van der Waals surface area contributed by atoms with Crippen molar-refractivity contribution in [3.63, 3.8) is 0 Å². The fourth-order valence-corrected chi connectivity index (χ4v) is 2.53. The maximum Gasteiger partial charge on any atom is 0.307 e. The molecule has 22 heavy (non-hydrogen) atoms. The van der Waals surface area contributed by atoms with E-state index in [1.807, 2.05) is 45.0 Å². The Balaban J connectivity index is 2.77. The lowest BCUT2D eigenvalue weighted by atomic mass is 10.0. The lowest BCUT2D eigenvalue weighted by molar-refractivity contribution is -0.156. The largest absolute Gasteiger partial charge is 0.460 e. The van der Waals surface area contributed by atoms with Crippen LogP contribution in [-0.2, 0) is 9.53 Å². The van der Waals surface area contributed by atoms with Crippen LogP contribution in [0.25, 0.3) is 0 Å². The minimum absolute atomic E-state index is 0.0862. The van der Waals surface area contributed by atoms with Crippen molar-refractivity contribution >= 4 is 5.97 Å². The third-order valence-electron chi connectivity index (χ3n) is 3.57. The molecule has 3 heteroatoms. The first kappa shape index (κ1) is 18.4. The highest BCUT2D eigenvalue weighted by molar-refractivity contribution is 5.70. The smallest absolute Gasteiger partial charge is 0.307 e. The van der Waals surface area contributed by atoms with E-state index in [4.69, 9.17) is 4.74 Å². The molecule has 3 nitrogen and oxygen atoms in total. The average molecular weight is 303 g/mol. The number of carbonyl (C=O) groups excluding carboxylic acids is 1. The summed E-state index contributed by atoms with van der Waals surface area (Å²) in [4.78, 5) is 14.3. The molecule has 1 rings (SSSR count). The molecule has 0 fully saturated rings. The van der Waals surface area contributed by atoms with Crippen molar-refractivity contribution in [2.45, 2.75) is 58.7 Å². The molecule has 0 N–H and O–H groups in total. The number of carbonyl (C=O) groups is 1. The van der Waals surface area contributed by atoms with Gasteiger partial charge in [0.15, 0.2) is 0 Å². The molecule has 0 aromatic heterocycles. The molecule has 0 heterocycles. The predicted octanol–water partition coefficient (Wildman–Crippen LogP) is 4.36. The first-order valence-corrected chi connectivity index (χ1v) is 7.88. The fraction of sp³-hybridized carbons (Fsp3) is 0.526. The maximum atomic E-state index is 12.1.